The molecular formula is C4H9NO3. The Hall–Kier alpha value is -0.770. The summed E-state index contributed by atoms with van der Waals surface area (Å²) in [7, 11) is 2.88. The van der Waals surface area contributed by atoms with Gasteiger partial charge in [0.05, 0.1) is 0 Å². The van der Waals surface area contributed by atoms with E-state index in [-0.39, 0.29) is 6.73 Å². The number of hydrogen-bond donors (Lipinski definition) is 1. The molecule has 0 saturated carbocycles. The van der Waals surface area contributed by atoms with Crippen LogP contribution in [-0.4, -0.2) is 37.0 Å². The second-order valence-corrected chi connectivity index (χ2v) is 1.40. The molecule has 0 unspecified atom stereocenters. The predicted octanol–water partition coefficient (Wildman–Crippen LogP) is 0.200. The van der Waals surface area contributed by atoms with Crippen molar-refractivity contribution < 1.29 is 14.6 Å². The van der Waals surface area contributed by atoms with Crippen LogP contribution in [0.2, 0.25) is 0 Å². The van der Waals surface area contributed by atoms with Crippen molar-refractivity contribution in [1.82, 2.24) is 4.90 Å². The molecule has 0 bridgehead atoms. The van der Waals surface area contributed by atoms with Crippen LogP contribution in [0.5, 0.6) is 0 Å². The fourth-order valence-corrected chi connectivity index (χ4v) is 0.249. The molecule has 8 heavy (non-hydrogen) atoms. The summed E-state index contributed by atoms with van der Waals surface area (Å²) in [6.45, 7) is 0.120. The van der Waals surface area contributed by atoms with Gasteiger partial charge in [-0.2, -0.15) is 0 Å². The zero-order valence-electron chi connectivity index (χ0n) is 4.92. The minimum absolute atomic E-state index is 0.120. The molecule has 0 spiro atoms. The van der Waals surface area contributed by atoms with Gasteiger partial charge in [-0.25, -0.2) is 4.79 Å². The van der Waals surface area contributed by atoms with Crippen molar-refractivity contribution in [2.45, 2.75) is 0 Å². The summed E-state index contributed by atoms with van der Waals surface area (Å²) in [4.78, 5) is 11.0. The first kappa shape index (κ1) is 7.23. The molecule has 48 valence electrons. The van der Waals surface area contributed by atoms with E-state index >= 15 is 0 Å². The van der Waals surface area contributed by atoms with Crippen molar-refractivity contribution in [2.75, 3.05) is 20.9 Å². The highest BCUT2D eigenvalue weighted by Gasteiger charge is 2.00. The lowest BCUT2D eigenvalue weighted by molar-refractivity contribution is 0.0742. The third-order valence-corrected chi connectivity index (χ3v) is 0.649. The maximum absolute atomic E-state index is 9.94. The van der Waals surface area contributed by atoms with Gasteiger partial charge in [0.1, 0.15) is 6.73 Å². The quantitative estimate of drug-likeness (QED) is 0.528. The average Bonchev–Trinajstić information content (AvgIpc) is 1.67. The number of carbonyl (C=O) groups is 1. The second-order valence-electron chi connectivity index (χ2n) is 1.40. The summed E-state index contributed by atoms with van der Waals surface area (Å²) >= 11 is 0. The maximum atomic E-state index is 9.94. The highest BCUT2D eigenvalue weighted by atomic mass is 16.5. The fourth-order valence-electron chi connectivity index (χ4n) is 0.249. The smallest absolute Gasteiger partial charge is 0.408 e. The predicted molar refractivity (Wildman–Crippen MR) is 27.7 cm³/mol. The largest absolute Gasteiger partial charge is 0.465 e. The molecule has 0 radical (unpaired) electrons. The van der Waals surface area contributed by atoms with Crippen LogP contribution in [0, 0.1) is 0 Å². The first-order valence-electron chi connectivity index (χ1n) is 2.11. The van der Waals surface area contributed by atoms with Crippen LogP contribution in [-0.2, 0) is 4.74 Å². The van der Waals surface area contributed by atoms with Crippen molar-refractivity contribution in [1.29, 1.82) is 0 Å². The number of methoxy groups -OCH3 is 1. The lowest BCUT2D eigenvalue weighted by Crippen LogP contribution is -2.26. The van der Waals surface area contributed by atoms with Crippen LogP contribution in [0.1, 0.15) is 0 Å². The molecule has 1 N–H and O–H groups in total. The van der Waals surface area contributed by atoms with Crippen LogP contribution in [0.4, 0.5) is 4.79 Å². The molecular weight excluding hydrogens is 110 g/mol. The normalized spacial score (nSPS) is 8.75. The number of ether oxygens (including phenoxy) is 1. The van der Waals surface area contributed by atoms with Crippen molar-refractivity contribution in [3.05, 3.63) is 0 Å². The van der Waals surface area contributed by atoms with Crippen LogP contribution in [0.25, 0.3) is 0 Å². The van der Waals surface area contributed by atoms with Gasteiger partial charge in [0, 0.05) is 14.2 Å². The third kappa shape index (κ3) is 2.41. The monoisotopic (exact) mass is 119 g/mol. The lowest BCUT2D eigenvalue weighted by Gasteiger charge is -2.09. The van der Waals surface area contributed by atoms with E-state index in [1.165, 1.54) is 14.2 Å². The molecule has 0 aliphatic rings. The standard InChI is InChI=1S/C4H9NO3/c1-5(3-8-2)4(6)7/h3H2,1-2H3,(H,6,7). The van der Waals surface area contributed by atoms with E-state index in [1.807, 2.05) is 0 Å². The Morgan fingerprint density at radius 3 is 2.50 bits per heavy atom. The molecule has 0 atom stereocenters. The van der Waals surface area contributed by atoms with Crippen molar-refractivity contribution >= 4 is 6.09 Å². The minimum atomic E-state index is -0.980. The Balaban J connectivity index is 3.32. The molecule has 0 aromatic carbocycles. The Bertz CT molecular complexity index is 83.4. The summed E-state index contributed by atoms with van der Waals surface area (Å²) in [6.07, 6.45) is -0.980. The topological polar surface area (TPSA) is 49.8 Å². The van der Waals surface area contributed by atoms with Crippen LogP contribution in [0.15, 0.2) is 0 Å². The van der Waals surface area contributed by atoms with Gasteiger partial charge in [-0.05, 0) is 0 Å². The maximum Gasteiger partial charge on any atom is 0.408 e. The van der Waals surface area contributed by atoms with E-state index in [9.17, 15) is 4.79 Å². The molecule has 1 amide bonds. The summed E-state index contributed by atoms with van der Waals surface area (Å²) in [5.74, 6) is 0. The molecule has 4 nitrogen and oxygen atoms in total. The van der Waals surface area contributed by atoms with E-state index in [4.69, 9.17) is 5.11 Å². The first-order valence-corrected chi connectivity index (χ1v) is 2.11. The Morgan fingerprint density at radius 2 is 2.38 bits per heavy atom. The highest BCUT2D eigenvalue weighted by molar-refractivity contribution is 5.64. The molecule has 0 aromatic rings. The number of rotatable bonds is 2. The molecule has 0 fully saturated rings. The molecule has 0 rings (SSSR count). The van der Waals surface area contributed by atoms with E-state index in [0.29, 0.717) is 0 Å². The number of amides is 1. The zero-order chi connectivity index (χ0) is 6.57. The summed E-state index contributed by atoms with van der Waals surface area (Å²) in [5, 5.41) is 8.16. The van der Waals surface area contributed by atoms with Gasteiger partial charge in [-0.15, -0.1) is 0 Å². The number of nitrogens with zero attached hydrogens (tertiary/aromatic N) is 1. The van der Waals surface area contributed by atoms with Crippen LogP contribution >= 0.6 is 0 Å². The van der Waals surface area contributed by atoms with Gasteiger partial charge in [-0.3, -0.25) is 4.90 Å². The number of hydrogen-bond acceptors (Lipinski definition) is 2. The zero-order valence-corrected chi connectivity index (χ0v) is 4.92. The summed E-state index contributed by atoms with van der Waals surface area (Å²) < 4.78 is 4.51. The minimum Gasteiger partial charge on any atom is -0.465 e. The van der Waals surface area contributed by atoms with Gasteiger partial charge in [0.25, 0.3) is 0 Å². The Kier molecular flexibility index (Phi) is 2.95. The van der Waals surface area contributed by atoms with Crippen LogP contribution < -0.4 is 0 Å². The average molecular weight is 119 g/mol. The van der Waals surface area contributed by atoms with E-state index in [1.54, 1.807) is 0 Å². The van der Waals surface area contributed by atoms with Gasteiger partial charge >= 0.3 is 6.09 Å². The Labute approximate surface area is 47.7 Å². The fraction of sp³-hybridized carbons (Fsp3) is 0.750. The summed E-state index contributed by atoms with van der Waals surface area (Å²) in [6, 6.07) is 0. The van der Waals surface area contributed by atoms with Gasteiger partial charge in [-0.1, -0.05) is 0 Å². The van der Waals surface area contributed by atoms with E-state index < -0.39 is 6.09 Å². The molecule has 0 saturated heterocycles. The second kappa shape index (κ2) is 3.26. The van der Waals surface area contributed by atoms with Crippen molar-refractivity contribution in [3.63, 3.8) is 0 Å². The van der Waals surface area contributed by atoms with Gasteiger partial charge in [0.15, 0.2) is 0 Å². The van der Waals surface area contributed by atoms with E-state index in [2.05, 4.69) is 4.74 Å². The first-order chi connectivity index (χ1) is 3.68. The third-order valence-electron chi connectivity index (χ3n) is 0.649. The molecule has 4 heteroatoms. The summed E-state index contributed by atoms with van der Waals surface area (Å²) in [5.41, 5.74) is 0. The number of carboxylic acid groups (broad SMARTS) is 1. The van der Waals surface area contributed by atoms with Crippen LogP contribution in [0.3, 0.4) is 0 Å². The van der Waals surface area contributed by atoms with Crippen molar-refractivity contribution in [2.24, 2.45) is 0 Å². The molecule has 0 heterocycles. The Morgan fingerprint density at radius 1 is 1.88 bits per heavy atom. The molecule has 0 aliphatic carbocycles. The van der Waals surface area contributed by atoms with E-state index in [0.717, 1.165) is 4.90 Å². The highest BCUT2D eigenvalue weighted by Crippen LogP contribution is 1.80. The molecule has 0 aliphatic heterocycles. The lowest BCUT2D eigenvalue weighted by atomic mass is 10.9. The SMILES string of the molecule is COCN(C)C(=O)O. The van der Waals surface area contributed by atoms with Gasteiger partial charge < -0.3 is 9.84 Å². The van der Waals surface area contributed by atoms with Crippen molar-refractivity contribution in [3.8, 4) is 0 Å². The van der Waals surface area contributed by atoms with Gasteiger partial charge in [0.2, 0.25) is 0 Å². The molecule has 0 aromatic heterocycles.